The van der Waals surface area contributed by atoms with E-state index in [9.17, 15) is 0 Å². The molecule has 1 rings (SSSR count). The molecule has 0 amide bonds. The molecule has 0 saturated heterocycles. The zero-order chi connectivity index (χ0) is 17.5. The van der Waals surface area contributed by atoms with Crippen LogP contribution in [0.15, 0.2) is 15.9 Å². The van der Waals surface area contributed by atoms with Crippen molar-refractivity contribution in [2.24, 2.45) is 0 Å². The summed E-state index contributed by atoms with van der Waals surface area (Å²) in [6.45, 7) is 14.1. The van der Waals surface area contributed by atoms with E-state index in [4.69, 9.17) is 4.43 Å². The van der Waals surface area contributed by atoms with Crippen LogP contribution >= 0.6 is 27.3 Å². The fourth-order valence-corrected chi connectivity index (χ4v) is 5.36. The molecule has 23 heavy (non-hydrogen) atoms. The minimum Gasteiger partial charge on any atom is -0.414 e. The third-order valence-electron chi connectivity index (χ3n) is 4.99. The lowest BCUT2D eigenvalue weighted by Gasteiger charge is -2.39. The number of rotatable bonds is 10. The number of hydrogen-bond acceptors (Lipinski definition) is 2. The Hall–Kier alpha value is 0.357. The van der Waals surface area contributed by atoms with Gasteiger partial charge in [0.15, 0.2) is 8.32 Å². The number of thiophene rings is 1. The smallest absolute Gasteiger partial charge is 0.192 e. The van der Waals surface area contributed by atoms with Crippen molar-refractivity contribution in [2.45, 2.75) is 96.9 Å². The van der Waals surface area contributed by atoms with Crippen LogP contribution < -0.4 is 0 Å². The highest BCUT2D eigenvalue weighted by Gasteiger charge is 2.38. The van der Waals surface area contributed by atoms with Crippen molar-refractivity contribution < 1.29 is 4.43 Å². The SMILES string of the molecule is CCCCCCC(CCc1ccc(Br)s1)O[Si](C)(C)C(C)(C)C. The molecule has 0 fully saturated rings. The molecule has 1 aromatic heterocycles. The molecule has 0 aliphatic carbocycles. The molecule has 1 atom stereocenters. The Morgan fingerprint density at radius 1 is 1.13 bits per heavy atom. The Balaban J connectivity index is 2.60. The van der Waals surface area contributed by atoms with Crippen LogP contribution in [0, 0.1) is 0 Å². The van der Waals surface area contributed by atoms with E-state index < -0.39 is 8.32 Å². The second kappa shape index (κ2) is 9.74. The second-order valence-corrected chi connectivity index (χ2v) is 15.4. The molecule has 0 saturated carbocycles. The van der Waals surface area contributed by atoms with Crippen molar-refractivity contribution in [2.75, 3.05) is 0 Å². The van der Waals surface area contributed by atoms with Gasteiger partial charge in [-0.2, -0.15) is 0 Å². The number of halogens is 1. The van der Waals surface area contributed by atoms with Gasteiger partial charge < -0.3 is 4.43 Å². The summed E-state index contributed by atoms with van der Waals surface area (Å²) in [6.07, 6.45) is 9.25. The van der Waals surface area contributed by atoms with Gasteiger partial charge in [0.25, 0.3) is 0 Å². The molecule has 1 nitrogen and oxygen atoms in total. The highest BCUT2D eigenvalue weighted by Crippen LogP contribution is 2.38. The molecular weight excluding hydrogens is 384 g/mol. The maximum atomic E-state index is 6.74. The normalized spacial score (nSPS) is 14.2. The van der Waals surface area contributed by atoms with Gasteiger partial charge in [-0.15, -0.1) is 11.3 Å². The standard InChI is InChI=1S/C19H35BrOSSi/c1-7-8-9-10-11-16(21-23(5,6)19(2,3)4)12-13-17-14-15-18(20)22-17/h14-16H,7-13H2,1-6H3. The van der Waals surface area contributed by atoms with Crippen molar-refractivity contribution >= 4 is 35.6 Å². The summed E-state index contributed by atoms with van der Waals surface area (Å²) in [5.41, 5.74) is 0. The van der Waals surface area contributed by atoms with Gasteiger partial charge in [-0.1, -0.05) is 53.4 Å². The zero-order valence-electron chi connectivity index (χ0n) is 15.9. The van der Waals surface area contributed by atoms with Crippen LogP contribution in [0.25, 0.3) is 0 Å². The fraction of sp³-hybridized carbons (Fsp3) is 0.789. The van der Waals surface area contributed by atoms with E-state index in [2.05, 4.69) is 68.9 Å². The van der Waals surface area contributed by atoms with E-state index in [-0.39, 0.29) is 0 Å². The van der Waals surface area contributed by atoms with E-state index in [1.807, 2.05) is 11.3 Å². The van der Waals surface area contributed by atoms with Crippen LogP contribution in [-0.4, -0.2) is 14.4 Å². The summed E-state index contributed by atoms with van der Waals surface area (Å²) in [6, 6.07) is 4.40. The molecule has 0 aliphatic rings. The molecule has 4 heteroatoms. The lowest BCUT2D eigenvalue weighted by atomic mass is 10.1. The van der Waals surface area contributed by atoms with E-state index in [0.717, 1.165) is 12.8 Å². The third-order valence-corrected chi connectivity index (χ3v) is 11.2. The second-order valence-electron chi connectivity index (χ2n) is 8.09. The zero-order valence-corrected chi connectivity index (χ0v) is 19.3. The molecule has 0 aliphatic heterocycles. The van der Waals surface area contributed by atoms with Gasteiger partial charge in [-0.05, 0) is 65.5 Å². The van der Waals surface area contributed by atoms with Gasteiger partial charge >= 0.3 is 0 Å². The van der Waals surface area contributed by atoms with Crippen LogP contribution in [0.2, 0.25) is 18.1 Å². The van der Waals surface area contributed by atoms with E-state index in [1.54, 1.807) is 0 Å². The van der Waals surface area contributed by atoms with Gasteiger partial charge in [0.1, 0.15) is 0 Å². The lowest BCUT2D eigenvalue weighted by molar-refractivity contribution is 0.158. The molecule has 0 radical (unpaired) electrons. The van der Waals surface area contributed by atoms with Crippen molar-refractivity contribution in [3.05, 3.63) is 20.8 Å². The first kappa shape index (κ1) is 21.4. The van der Waals surface area contributed by atoms with Crippen LogP contribution in [0.5, 0.6) is 0 Å². The first-order chi connectivity index (χ1) is 10.7. The summed E-state index contributed by atoms with van der Waals surface area (Å²) >= 11 is 5.43. The molecule has 0 N–H and O–H groups in total. The van der Waals surface area contributed by atoms with E-state index in [0.29, 0.717) is 11.1 Å². The number of aryl methyl sites for hydroxylation is 1. The van der Waals surface area contributed by atoms with Crippen molar-refractivity contribution in [1.82, 2.24) is 0 Å². The van der Waals surface area contributed by atoms with Crippen LogP contribution in [0.4, 0.5) is 0 Å². The van der Waals surface area contributed by atoms with Gasteiger partial charge in [0, 0.05) is 11.0 Å². The minimum absolute atomic E-state index is 0.292. The Morgan fingerprint density at radius 3 is 2.35 bits per heavy atom. The minimum atomic E-state index is -1.68. The Morgan fingerprint density at radius 2 is 1.83 bits per heavy atom. The third kappa shape index (κ3) is 7.85. The Kier molecular flexibility index (Phi) is 9.06. The van der Waals surface area contributed by atoms with Crippen LogP contribution in [-0.2, 0) is 10.8 Å². The number of hydrogen-bond donors (Lipinski definition) is 0. The topological polar surface area (TPSA) is 9.23 Å². The average molecular weight is 420 g/mol. The predicted molar refractivity (Wildman–Crippen MR) is 111 cm³/mol. The van der Waals surface area contributed by atoms with Gasteiger partial charge in [0.05, 0.1) is 3.79 Å². The van der Waals surface area contributed by atoms with Gasteiger partial charge in [-0.25, -0.2) is 0 Å². The molecule has 1 unspecified atom stereocenters. The monoisotopic (exact) mass is 418 g/mol. The van der Waals surface area contributed by atoms with Gasteiger partial charge in [0.2, 0.25) is 0 Å². The van der Waals surface area contributed by atoms with E-state index >= 15 is 0 Å². The van der Waals surface area contributed by atoms with E-state index in [1.165, 1.54) is 40.8 Å². The average Bonchev–Trinajstić information content (AvgIpc) is 2.85. The lowest BCUT2D eigenvalue weighted by Crippen LogP contribution is -2.44. The van der Waals surface area contributed by atoms with Crippen molar-refractivity contribution in [1.29, 1.82) is 0 Å². The molecule has 0 bridgehead atoms. The largest absolute Gasteiger partial charge is 0.414 e. The van der Waals surface area contributed by atoms with Crippen molar-refractivity contribution in [3.63, 3.8) is 0 Å². The van der Waals surface area contributed by atoms with Crippen molar-refractivity contribution in [3.8, 4) is 0 Å². The molecule has 134 valence electrons. The molecule has 0 aromatic carbocycles. The summed E-state index contributed by atoms with van der Waals surface area (Å²) in [4.78, 5) is 1.47. The number of unbranched alkanes of at least 4 members (excludes halogenated alkanes) is 3. The first-order valence-electron chi connectivity index (χ1n) is 9.07. The quantitative estimate of drug-likeness (QED) is 0.278. The van der Waals surface area contributed by atoms with Gasteiger partial charge in [-0.3, -0.25) is 0 Å². The fourth-order valence-electron chi connectivity index (χ4n) is 2.44. The summed E-state index contributed by atoms with van der Waals surface area (Å²) < 4.78 is 7.98. The molecule has 1 heterocycles. The summed E-state index contributed by atoms with van der Waals surface area (Å²) in [7, 11) is -1.68. The Labute approximate surface area is 157 Å². The van der Waals surface area contributed by atoms with Crippen LogP contribution in [0.1, 0.15) is 71.1 Å². The first-order valence-corrected chi connectivity index (χ1v) is 13.6. The maximum Gasteiger partial charge on any atom is 0.192 e. The highest BCUT2D eigenvalue weighted by molar-refractivity contribution is 9.11. The predicted octanol–water partition coefficient (Wildman–Crippen LogP) is 7.80. The molecule has 0 spiro atoms. The van der Waals surface area contributed by atoms with Crippen LogP contribution in [0.3, 0.4) is 0 Å². The Bertz CT molecular complexity index is 450. The summed E-state index contributed by atoms with van der Waals surface area (Å²) in [5, 5.41) is 0.292. The summed E-state index contributed by atoms with van der Waals surface area (Å²) in [5.74, 6) is 0. The molecule has 1 aromatic rings. The maximum absolute atomic E-state index is 6.74. The highest BCUT2D eigenvalue weighted by atomic mass is 79.9. The molecular formula is C19H35BrOSSi.